The fraction of sp³-hybridized carbons (Fsp3) is 0.500. The molecule has 0 fully saturated rings. The number of fused-ring (bicyclic) bond motifs is 1. The van der Waals surface area contributed by atoms with Crippen molar-refractivity contribution in [2.24, 2.45) is 5.84 Å². The van der Waals surface area contributed by atoms with E-state index >= 15 is 0 Å². The molecule has 0 saturated heterocycles. The van der Waals surface area contributed by atoms with E-state index in [1.54, 1.807) is 11.6 Å². The third-order valence-electron chi connectivity index (χ3n) is 2.76. The summed E-state index contributed by atoms with van der Waals surface area (Å²) in [6.45, 7) is 3.00. The number of thiazole rings is 1. The first-order valence-corrected chi connectivity index (χ1v) is 8.30. The molecule has 8 nitrogen and oxygen atoms in total. The van der Waals surface area contributed by atoms with Gasteiger partial charge in [0.15, 0.2) is 10.8 Å². The third kappa shape index (κ3) is 2.65. The largest absolute Gasteiger partial charge is 0.380 e. The van der Waals surface area contributed by atoms with Crippen LogP contribution in [0.25, 0.3) is 4.96 Å². The van der Waals surface area contributed by atoms with Crippen molar-refractivity contribution in [1.29, 1.82) is 0 Å². The molecule has 2 aromatic rings. The number of hydrogen-bond donors (Lipinski definition) is 2. The fourth-order valence-electron chi connectivity index (χ4n) is 1.71. The van der Waals surface area contributed by atoms with Gasteiger partial charge in [-0.05, 0) is 6.92 Å². The first kappa shape index (κ1) is 15.2. The molecule has 0 saturated carbocycles. The summed E-state index contributed by atoms with van der Waals surface area (Å²) in [5.74, 6) is 5.50. The standard InChI is InChI=1S/C10H17N5O3S2/c1-3-18-6-4-14(2)20(16,17)9-8(13-11)12-10-15(9)5-7-19-10/h5,7,13H,3-4,6,11H2,1-2H3. The number of imidazole rings is 1. The van der Waals surface area contributed by atoms with Crippen LogP contribution in [0.15, 0.2) is 16.6 Å². The molecule has 2 heterocycles. The molecule has 0 bridgehead atoms. The summed E-state index contributed by atoms with van der Waals surface area (Å²) in [6.07, 6.45) is 1.65. The highest BCUT2D eigenvalue weighted by Crippen LogP contribution is 2.26. The summed E-state index contributed by atoms with van der Waals surface area (Å²) in [7, 11) is -2.20. The molecule has 3 N–H and O–H groups in total. The Kier molecular flexibility index (Phi) is 4.60. The second-order valence-corrected chi connectivity index (χ2v) is 6.82. The number of aromatic nitrogens is 2. The Morgan fingerprint density at radius 2 is 2.35 bits per heavy atom. The van der Waals surface area contributed by atoms with Gasteiger partial charge in [-0.1, -0.05) is 0 Å². The molecule has 0 aromatic carbocycles. The molecular weight excluding hydrogens is 302 g/mol. The van der Waals surface area contributed by atoms with E-state index in [4.69, 9.17) is 10.6 Å². The van der Waals surface area contributed by atoms with Gasteiger partial charge in [0.2, 0.25) is 5.03 Å². The Morgan fingerprint density at radius 1 is 1.60 bits per heavy atom. The van der Waals surface area contributed by atoms with Crippen LogP contribution in [0, 0.1) is 0 Å². The van der Waals surface area contributed by atoms with Crippen LogP contribution in [0.3, 0.4) is 0 Å². The van der Waals surface area contributed by atoms with E-state index in [0.29, 0.717) is 18.2 Å². The number of nitrogens with one attached hydrogen (secondary N) is 1. The minimum Gasteiger partial charge on any atom is -0.380 e. The predicted molar refractivity (Wildman–Crippen MR) is 77.2 cm³/mol. The van der Waals surface area contributed by atoms with E-state index in [9.17, 15) is 8.42 Å². The summed E-state index contributed by atoms with van der Waals surface area (Å²) >= 11 is 1.34. The SMILES string of the molecule is CCOCCN(C)S(=O)(=O)c1c(NN)nc2sccn12. The first-order valence-electron chi connectivity index (χ1n) is 5.98. The second kappa shape index (κ2) is 6.06. The maximum atomic E-state index is 12.6. The Bertz CT molecular complexity index is 678. The summed E-state index contributed by atoms with van der Waals surface area (Å²) in [4.78, 5) is 4.71. The number of nitrogen functional groups attached to an aromatic ring is 1. The van der Waals surface area contributed by atoms with Gasteiger partial charge in [-0.15, -0.1) is 11.3 Å². The molecule has 0 aliphatic carbocycles. The molecular formula is C10H17N5O3S2. The van der Waals surface area contributed by atoms with E-state index in [-0.39, 0.29) is 17.4 Å². The normalized spacial score (nSPS) is 12.4. The van der Waals surface area contributed by atoms with Crippen LogP contribution in [-0.2, 0) is 14.8 Å². The Labute approximate surface area is 121 Å². The van der Waals surface area contributed by atoms with Gasteiger partial charge in [-0.2, -0.15) is 9.29 Å². The number of anilines is 1. The topological polar surface area (TPSA) is 102 Å². The molecule has 0 unspecified atom stereocenters. The molecule has 0 aliphatic heterocycles. The molecule has 0 spiro atoms. The van der Waals surface area contributed by atoms with E-state index < -0.39 is 10.0 Å². The lowest BCUT2D eigenvalue weighted by atomic mass is 10.7. The Hall–Kier alpha value is -1.20. The number of hydrogen-bond acceptors (Lipinski definition) is 7. The van der Waals surface area contributed by atoms with Crippen LogP contribution in [0.2, 0.25) is 0 Å². The molecule has 112 valence electrons. The lowest BCUT2D eigenvalue weighted by molar-refractivity contribution is 0.138. The van der Waals surface area contributed by atoms with Crippen LogP contribution in [0.1, 0.15) is 6.92 Å². The van der Waals surface area contributed by atoms with Crippen molar-refractivity contribution in [3.8, 4) is 0 Å². The average molecular weight is 319 g/mol. The highest BCUT2D eigenvalue weighted by Gasteiger charge is 2.29. The summed E-state index contributed by atoms with van der Waals surface area (Å²) in [5, 5.41) is 1.80. The number of sulfonamides is 1. The highest BCUT2D eigenvalue weighted by atomic mass is 32.2. The lowest BCUT2D eigenvalue weighted by Gasteiger charge is -2.17. The first-order chi connectivity index (χ1) is 9.52. The van der Waals surface area contributed by atoms with Crippen LogP contribution in [-0.4, -0.2) is 48.9 Å². The number of ether oxygens (including phenoxy) is 1. The zero-order chi connectivity index (χ0) is 14.8. The van der Waals surface area contributed by atoms with E-state index in [1.807, 2.05) is 6.92 Å². The van der Waals surface area contributed by atoms with Gasteiger partial charge < -0.3 is 10.2 Å². The van der Waals surface area contributed by atoms with Crippen molar-refractivity contribution in [2.75, 3.05) is 32.2 Å². The van der Waals surface area contributed by atoms with E-state index in [2.05, 4.69) is 10.4 Å². The predicted octanol–water partition coefficient (Wildman–Crippen LogP) is 0.338. The van der Waals surface area contributed by atoms with Gasteiger partial charge in [0, 0.05) is 31.8 Å². The molecule has 20 heavy (non-hydrogen) atoms. The number of nitrogens with two attached hydrogens (primary N) is 1. The number of likely N-dealkylation sites (N-methyl/N-ethyl adjacent to an activating group) is 1. The summed E-state index contributed by atoms with van der Waals surface area (Å²) in [6, 6.07) is 0. The molecule has 10 heteroatoms. The third-order valence-corrected chi connectivity index (χ3v) is 5.40. The zero-order valence-electron chi connectivity index (χ0n) is 11.2. The molecule has 2 aromatic heterocycles. The van der Waals surface area contributed by atoms with Gasteiger partial charge in [-0.25, -0.2) is 14.3 Å². The molecule has 0 atom stereocenters. The maximum Gasteiger partial charge on any atom is 0.262 e. The second-order valence-electron chi connectivity index (χ2n) is 3.99. The van der Waals surface area contributed by atoms with Gasteiger partial charge in [0.05, 0.1) is 6.61 Å². The van der Waals surface area contributed by atoms with E-state index in [1.165, 1.54) is 27.1 Å². The quantitative estimate of drug-likeness (QED) is 0.433. The van der Waals surface area contributed by atoms with Crippen molar-refractivity contribution in [2.45, 2.75) is 11.9 Å². The Morgan fingerprint density at radius 3 is 3.00 bits per heavy atom. The molecule has 0 amide bonds. The minimum atomic E-state index is -3.70. The highest BCUT2D eigenvalue weighted by molar-refractivity contribution is 7.89. The molecule has 2 rings (SSSR count). The minimum absolute atomic E-state index is 0.0373. The number of hydrazine groups is 1. The molecule has 0 aliphatic rings. The van der Waals surface area contributed by atoms with E-state index in [0.717, 1.165) is 0 Å². The van der Waals surface area contributed by atoms with Crippen molar-refractivity contribution in [3.63, 3.8) is 0 Å². The zero-order valence-corrected chi connectivity index (χ0v) is 12.9. The fourth-order valence-corrected chi connectivity index (χ4v) is 3.84. The van der Waals surface area contributed by atoms with Crippen molar-refractivity contribution in [1.82, 2.24) is 13.7 Å². The van der Waals surface area contributed by atoms with Gasteiger partial charge in [0.25, 0.3) is 10.0 Å². The van der Waals surface area contributed by atoms with Gasteiger partial charge >= 0.3 is 0 Å². The lowest BCUT2D eigenvalue weighted by Crippen LogP contribution is -2.32. The summed E-state index contributed by atoms with van der Waals surface area (Å²) in [5.41, 5.74) is 2.34. The van der Waals surface area contributed by atoms with Crippen molar-refractivity contribution < 1.29 is 13.2 Å². The summed E-state index contributed by atoms with van der Waals surface area (Å²) < 4.78 is 33.1. The molecule has 0 radical (unpaired) electrons. The monoisotopic (exact) mass is 319 g/mol. The van der Waals surface area contributed by atoms with Gasteiger partial charge in [0.1, 0.15) is 0 Å². The van der Waals surface area contributed by atoms with Crippen LogP contribution >= 0.6 is 11.3 Å². The average Bonchev–Trinajstić information content (AvgIpc) is 2.97. The van der Waals surface area contributed by atoms with Gasteiger partial charge in [-0.3, -0.25) is 4.40 Å². The Balaban J connectivity index is 2.37. The van der Waals surface area contributed by atoms with Crippen molar-refractivity contribution in [3.05, 3.63) is 11.6 Å². The van der Waals surface area contributed by atoms with Crippen molar-refractivity contribution >= 4 is 32.1 Å². The maximum absolute atomic E-state index is 12.6. The van der Waals surface area contributed by atoms with Crippen LogP contribution < -0.4 is 11.3 Å². The number of rotatable bonds is 7. The number of nitrogens with zero attached hydrogens (tertiary/aromatic N) is 3. The van der Waals surface area contributed by atoms with Crippen LogP contribution in [0.4, 0.5) is 5.82 Å². The van der Waals surface area contributed by atoms with Crippen LogP contribution in [0.5, 0.6) is 0 Å². The smallest absolute Gasteiger partial charge is 0.262 e.